The van der Waals surface area contributed by atoms with Crippen molar-refractivity contribution >= 4 is 11.9 Å². The Balaban J connectivity index is 1.42. The van der Waals surface area contributed by atoms with Crippen LogP contribution in [0, 0.1) is 0 Å². The first-order valence-corrected chi connectivity index (χ1v) is 9.40. The van der Waals surface area contributed by atoms with Crippen LogP contribution in [0.25, 0.3) is 0 Å². The Morgan fingerprint density at radius 2 is 1.75 bits per heavy atom. The summed E-state index contributed by atoms with van der Waals surface area (Å²) in [5, 5.41) is 5.87. The molecule has 0 saturated carbocycles. The van der Waals surface area contributed by atoms with Crippen LogP contribution >= 0.6 is 0 Å². The minimum Gasteiger partial charge on any atom is -0.344 e. The van der Waals surface area contributed by atoms with E-state index in [0.29, 0.717) is 32.5 Å². The minimum absolute atomic E-state index is 0.00241. The molecular formula is C19H25F3N4O2. The van der Waals surface area contributed by atoms with Crippen LogP contribution in [-0.2, 0) is 17.5 Å². The molecule has 2 aliphatic rings. The Kier molecular flexibility index (Phi) is 6.12. The lowest BCUT2D eigenvalue weighted by atomic mass is 10.1. The molecule has 0 aromatic heterocycles. The number of hydrogen-bond donors (Lipinski definition) is 2. The van der Waals surface area contributed by atoms with Gasteiger partial charge in [0, 0.05) is 51.7 Å². The number of urea groups is 1. The second-order valence-electron chi connectivity index (χ2n) is 7.54. The molecule has 2 saturated heterocycles. The zero-order valence-corrected chi connectivity index (χ0v) is 15.8. The van der Waals surface area contributed by atoms with E-state index in [1.165, 1.54) is 12.1 Å². The lowest BCUT2D eigenvalue weighted by Gasteiger charge is -2.30. The van der Waals surface area contributed by atoms with Crippen LogP contribution < -0.4 is 10.6 Å². The van der Waals surface area contributed by atoms with Gasteiger partial charge in [-0.25, -0.2) is 4.79 Å². The van der Waals surface area contributed by atoms with Gasteiger partial charge in [0.05, 0.1) is 5.56 Å². The maximum absolute atomic E-state index is 12.6. The van der Waals surface area contributed by atoms with Gasteiger partial charge in [-0.3, -0.25) is 9.69 Å². The first-order valence-electron chi connectivity index (χ1n) is 9.40. The molecule has 28 heavy (non-hydrogen) atoms. The molecule has 1 aromatic rings. The largest absolute Gasteiger partial charge is 0.416 e. The molecule has 9 heteroatoms. The van der Waals surface area contributed by atoms with Crippen LogP contribution in [0.5, 0.6) is 0 Å². The number of likely N-dealkylation sites (tertiary alicyclic amines) is 2. The van der Waals surface area contributed by atoms with Crippen molar-refractivity contribution in [3.8, 4) is 0 Å². The minimum atomic E-state index is -4.32. The second-order valence-corrected chi connectivity index (χ2v) is 7.54. The van der Waals surface area contributed by atoms with E-state index >= 15 is 0 Å². The average molecular weight is 398 g/mol. The van der Waals surface area contributed by atoms with Crippen LogP contribution in [0.2, 0.25) is 0 Å². The zero-order chi connectivity index (χ0) is 20.3. The number of benzene rings is 1. The molecule has 2 fully saturated rings. The van der Waals surface area contributed by atoms with E-state index in [1.54, 1.807) is 11.9 Å². The van der Waals surface area contributed by atoms with Crippen molar-refractivity contribution in [2.45, 2.75) is 44.1 Å². The normalized spacial score (nSPS) is 23.7. The van der Waals surface area contributed by atoms with E-state index < -0.39 is 11.7 Å². The quantitative estimate of drug-likeness (QED) is 0.817. The van der Waals surface area contributed by atoms with Crippen molar-refractivity contribution < 1.29 is 22.8 Å². The highest BCUT2D eigenvalue weighted by Gasteiger charge is 2.30. The van der Waals surface area contributed by atoms with E-state index in [1.807, 2.05) is 0 Å². The van der Waals surface area contributed by atoms with E-state index in [2.05, 4.69) is 15.5 Å². The van der Waals surface area contributed by atoms with Gasteiger partial charge < -0.3 is 15.5 Å². The molecule has 6 nitrogen and oxygen atoms in total. The highest BCUT2D eigenvalue weighted by atomic mass is 19.4. The number of piperidine rings is 1. The molecule has 0 radical (unpaired) electrons. The smallest absolute Gasteiger partial charge is 0.344 e. The standard InChI is InChI=1S/C19H25F3N4O2/c1-25-11-15(6-7-17(25)27)23-18(28)24-16-8-9-26(12-16)10-13-2-4-14(5-3-13)19(20,21)22/h2-5,15-16H,6-12H2,1H3,(H2,23,24,28). The van der Waals surface area contributed by atoms with Gasteiger partial charge in [-0.1, -0.05) is 12.1 Å². The van der Waals surface area contributed by atoms with Gasteiger partial charge in [0.15, 0.2) is 0 Å². The summed E-state index contributed by atoms with van der Waals surface area (Å²) >= 11 is 0. The number of rotatable bonds is 4. The third kappa shape index (κ3) is 5.37. The molecule has 2 atom stereocenters. The average Bonchev–Trinajstić information content (AvgIpc) is 3.04. The summed E-state index contributed by atoms with van der Waals surface area (Å²) in [6, 6.07) is 4.90. The number of carbonyl (C=O) groups is 2. The molecule has 0 spiro atoms. The fourth-order valence-electron chi connectivity index (χ4n) is 3.69. The molecule has 2 heterocycles. The number of amides is 3. The summed E-state index contributed by atoms with van der Waals surface area (Å²) in [6.45, 7) is 2.48. The van der Waals surface area contributed by atoms with Crippen molar-refractivity contribution in [3.63, 3.8) is 0 Å². The lowest BCUT2D eigenvalue weighted by Crippen LogP contribution is -2.52. The van der Waals surface area contributed by atoms with Crippen molar-refractivity contribution in [2.75, 3.05) is 26.7 Å². The predicted molar refractivity (Wildman–Crippen MR) is 97.5 cm³/mol. The Hall–Kier alpha value is -2.29. The van der Waals surface area contributed by atoms with Gasteiger partial charge in [-0.05, 0) is 30.5 Å². The lowest BCUT2D eigenvalue weighted by molar-refractivity contribution is -0.137. The summed E-state index contributed by atoms with van der Waals surface area (Å²) in [5.74, 6) is 0.0909. The second kappa shape index (κ2) is 8.38. The third-order valence-electron chi connectivity index (χ3n) is 5.26. The molecule has 0 bridgehead atoms. The molecule has 3 rings (SSSR count). The summed E-state index contributed by atoms with van der Waals surface area (Å²) < 4.78 is 37.9. The molecule has 2 unspecified atom stereocenters. The SMILES string of the molecule is CN1CC(NC(=O)NC2CCN(Cc3ccc(C(F)(F)F)cc3)C2)CCC1=O. The van der Waals surface area contributed by atoms with Gasteiger partial charge in [0.25, 0.3) is 0 Å². The van der Waals surface area contributed by atoms with Gasteiger partial charge in [-0.15, -0.1) is 0 Å². The molecule has 0 aliphatic carbocycles. The van der Waals surface area contributed by atoms with Crippen LogP contribution in [0.1, 0.15) is 30.4 Å². The number of likely N-dealkylation sites (N-methyl/N-ethyl adjacent to an activating group) is 1. The number of hydrogen-bond acceptors (Lipinski definition) is 3. The monoisotopic (exact) mass is 398 g/mol. The summed E-state index contributed by atoms with van der Waals surface area (Å²) in [5.41, 5.74) is 0.164. The number of carbonyl (C=O) groups excluding carboxylic acids is 2. The van der Waals surface area contributed by atoms with Gasteiger partial charge >= 0.3 is 12.2 Å². The Bertz CT molecular complexity index is 708. The van der Waals surface area contributed by atoms with Crippen molar-refractivity contribution in [3.05, 3.63) is 35.4 Å². The maximum Gasteiger partial charge on any atom is 0.416 e. The summed E-state index contributed by atoms with van der Waals surface area (Å²) in [7, 11) is 1.73. The number of nitrogens with one attached hydrogen (secondary N) is 2. The van der Waals surface area contributed by atoms with Crippen LogP contribution in [0.3, 0.4) is 0 Å². The fourth-order valence-corrected chi connectivity index (χ4v) is 3.69. The maximum atomic E-state index is 12.6. The zero-order valence-electron chi connectivity index (χ0n) is 15.8. The van der Waals surface area contributed by atoms with Gasteiger partial charge in [0.2, 0.25) is 5.91 Å². The number of nitrogens with zero attached hydrogens (tertiary/aromatic N) is 2. The molecule has 154 valence electrons. The predicted octanol–water partition coefficient (Wildman–Crippen LogP) is 2.20. The van der Waals surface area contributed by atoms with Crippen molar-refractivity contribution in [1.29, 1.82) is 0 Å². The van der Waals surface area contributed by atoms with Gasteiger partial charge in [0.1, 0.15) is 0 Å². The van der Waals surface area contributed by atoms with E-state index in [0.717, 1.165) is 30.7 Å². The topological polar surface area (TPSA) is 64.7 Å². The summed E-state index contributed by atoms with van der Waals surface area (Å²) in [4.78, 5) is 27.4. The van der Waals surface area contributed by atoms with E-state index in [-0.39, 0.29) is 24.0 Å². The third-order valence-corrected chi connectivity index (χ3v) is 5.26. The van der Waals surface area contributed by atoms with Crippen molar-refractivity contribution in [2.24, 2.45) is 0 Å². The highest BCUT2D eigenvalue weighted by molar-refractivity contribution is 5.78. The number of halogens is 3. The Morgan fingerprint density at radius 3 is 2.36 bits per heavy atom. The molecule has 3 amide bonds. The summed E-state index contributed by atoms with van der Waals surface area (Å²) in [6.07, 6.45) is -2.46. The first kappa shape index (κ1) is 20.4. The van der Waals surface area contributed by atoms with E-state index in [9.17, 15) is 22.8 Å². The first-order chi connectivity index (χ1) is 13.2. The van der Waals surface area contributed by atoms with Gasteiger partial charge in [-0.2, -0.15) is 13.2 Å². The molecule has 1 aromatic carbocycles. The Labute approximate surface area is 162 Å². The molecule has 2 aliphatic heterocycles. The molecular weight excluding hydrogens is 373 g/mol. The fraction of sp³-hybridized carbons (Fsp3) is 0.579. The Morgan fingerprint density at radius 1 is 1.11 bits per heavy atom. The van der Waals surface area contributed by atoms with Crippen molar-refractivity contribution in [1.82, 2.24) is 20.4 Å². The molecule has 2 N–H and O–H groups in total. The van der Waals surface area contributed by atoms with Crippen LogP contribution in [0.15, 0.2) is 24.3 Å². The van der Waals surface area contributed by atoms with Crippen LogP contribution in [-0.4, -0.2) is 60.5 Å². The highest BCUT2D eigenvalue weighted by Crippen LogP contribution is 2.29. The van der Waals surface area contributed by atoms with E-state index in [4.69, 9.17) is 0 Å². The van der Waals surface area contributed by atoms with Crippen LogP contribution in [0.4, 0.5) is 18.0 Å². The number of alkyl halides is 3.